The molecule has 0 spiro atoms. The van der Waals surface area contributed by atoms with Crippen molar-refractivity contribution in [3.63, 3.8) is 0 Å². The van der Waals surface area contributed by atoms with Crippen LogP contribution in [0.4, 0.5) is 0 Å². The molecule has 2 atom stereocenters. The van der Waals surface area contributed by atoms with Crippen molar-refractivity contribution in [2.45, 2.75) is 46.6 Å². The zero-order chi connectivity index (χ0) is 11.0. The van der Waals surface area contributed by atoms with Crippen LogP contribution in [0, 0.1) is 11.8 Å². The highest BCUT2D eigenvalue weighted by Crippen LogP contribution is 2.17. The van der Waals surface area contributed by atoms with Crippen molar-refractivity contribution in [3.8, 4) is 0 Å². The molecular formula is C12H27NS. The topological polar surface area (TPSA) is 12.0 Å². The third-order valence-corrected chi connectivity index (χ3v) is 3.52. The van der Waals surface area contributed by atoms with Crippen molar-refractivity contribution >= 4 is 11.8 Å². The maximum absolute atomic E-state index is 3.51. The quantitative estimate of drug-likeness (QED) is 0.625. The molecule has 0 aliphatic carbocycles. The van der Waals surface area contributed by atoms with Crippen LogP contribution in [0.1, 0.15) is 40.5 Å². The normalized spacial score (nSPS) is 15.9. The SMILES string of the molecule is CSCCCC(C)C(C)CNC(C)C. The molecule has 0 radical (unpaired) electrons. The van der Waals surface area contributed by atoms with E-state index in [9.17, 15) is 0 Å². The second kappa shape index (κ2) is 8.60. The minimum absolute atomic E-state index is 0.621. The first kappa shape index (κ1) is 14.3. The van der Waals surface area contributed by atoms with Crippen molar-refractivity contribution in [1.29, 1.82) is 0 Å². The molecule has 1 nitrogen and oxygen atoms in total. The predicted octanol–water partition coefficient (Wildman–Crippen LogP) is 3.40. The van der Waals surface area contributed by atoms with Crippen molar-refractivity contribution in [1.82, 2.24) is 5.32 Å². The van der Waals surface area contributed by atoms with Crippen LogP contribution in [-0.4, -0.2) is 24.6 Å². The Kier molecular flexibility index (Phi) is 8.80. The third-order valence-electron chi connectivity index (χ3n) is 2.83. The molecule has 0 aromatic heterocycles. The van der Waals surface area contributed by atoms with Gasteiger partial charge in [0.2, 0.25) is 0 Å². The summed E-state index contributed by atoms with van der Waals surface area (Å²) in [7, 11) is 0. The molecule has 0 saturated heterocycles. The summed E-state index contributed by atoms with van der Waals surface area (Å²) < 4.78 is 0. The lowest BCUT2D eigenvalue weighted by Crippen LogP contribution is -2.30. The Labute approximate surface area is 94.4 Å². The van der Waals surface area contributed by atoms with E-state index in [1.807, 2.05) is 11.8 Å². The van der Waals surface area contributed by atoms with Gasteiger partial charge in [0.1, 0.15) is 0 Å². The largest absolute Gasteiger partial charge is 0.314 e. The average molecular weight is 217 g/mol. The number of thioether (sulfide) groups is 1. The van der Waals surface area contributed by atoms with Gasteiger partial charge in [-0.05, 0) is 43.2 Å². The summed E-state index contributed by atoms with van der Waals surface area (Å²) >= 11 is 1.96. The lowest BCUT2D eigenvalue weighted by Gasteiger charge is -2.21. The van der Waals surface area contributed by atoms with Gasteiger partial charge in [0.15, 0.2) is 0 Å². The molecule has 0 aliphatic rings. The number of rotatable bonds is 8. The summed E-state index contributed by atoms with van der Waals surface area (Å²) in [6, 6.07) is 0.621. The van der Waals surface area contributed by atoms with Crippen LogP contribution in [-0.2, 0) is 0 Å². The smallest absolute Gasteiger partial charge is 0.00104 e. The maximum Gasteiger partial charge on any atom is 0.00104 e. The van der Waals surface area contributed by atoms with Crippen LogP contribution >= 0.6 is 11.8 Å². The average Bonchev–Trinajstić information content (AvgIpc) is 2.14. The van der Waals surface area contributed by atoms with Crippen LogP contribution < -0.4 is 5.32 Å². The highest BCUT2D eigenvalue weighted by Gasteiger charge is 2.11. The highest BCUT2D eigenvalue weighted by atomic mass is 32.2. The Hall–Kier alpha value is 0.310. The van der Waals surface area contributed by atoms with E-state index in [1.165, 1.54) is 18.6 Å². The van der Waals surface area contributed by atoms with E-state index in [-0.39, 0.29) is 0 Å². The van der Waals surface area contributed by atoms with Crippen LogP contribution in [0.15, 0.2) is 0 Å². The minimum atomic E-state index is 0.621. The molecule has 86 valence electrons. The van der Waals surface area contributed by atoms with Crippen LogP contribution in [0.2, 0.25) is 0 Å². The van der Waals surface area contributed by atoms with Crippen LogP contribution in [0.3, 0.4) is 0 Å². The van der Waals surface area contributed by atoms with E-state index in [1.54, 1.807) is 0 Å². The molecule has 2 heteroatoms. The molecule has 1 N–H and O–H groups in total. The van der Waals surface area contributed by atoms with E-state index < -0.39 is 0 Å². The fraction of sp³-hybridized carbons (Fsp3) is 1.00. The number of nitrogens with one attached hydrogen (secondary N) is 1. The Morgan fingerprint density at radius 3 is 2.21 bits per heavy atom. The molecule has 0 amide bonds. The van der Waals surface area contributed by atoms with Crippen molar-refractivity contribution in [2.75, 3.05) is 18.6 Å². The molecule has 0 rings (SSSR count). The van der Waals surface area contributed by atoms with Crippen LogP contribution in [0.5, 0.6) is 0 Å². The van der Waals surface area contributed by atoms with Gasteiger partial charge in [-0.3, -0.25) is 0 Å². The first-order chi connectivity index (χ1) is 6.57. The summed E-state index contributed by atoms with van der Waals surface area (Å²) in [5, 5.41) is 3.51. The summed E-state index contributed by atoms with van der Waals surface area (Å²) in [4.78, 5) is 0. The van der Waals surface area contributed by atoms with Gasteiger partial charge < -0.3 is 5.32 Å². The van der Waals surface area contributed by atoms with E-state index in [0.29, 0.717) is 6.04 Å². The third kappa shape index (κ3) is 7.69. The fourth-order valence-corrected chi connectivity index (χ4v) is 1.91. The van der Waals surface area contributed by atoms with E-state index in [4.69, 9.17) is 0 Å². The zero-order valence-corrected chi connectivity index (χ0v) is 11.3. The Morgan fingerprint density at radius 1 is 1.07 bits per heavy atom. The van der Waals surface area contributed by atoms with Crippen molar-refractivity contribution in [2.24, 2.45) is 11.8 Å². The predicted molar refractivity (Wildman–Crippen MR) is 69.1 cm³/mol. The number of hydrogen-bond acceptors (Lipinski definition) is 2. The second-order valence-corrected chi connectivity index (χ2v) is 5.64. The van der Waals surface area contributed by atoms with Crippen LogP contribution in [0.25, 0.3) is 0 Å². The van der Waals surface area contributed by atoms with E-state index in [0.717, 1.165) is 18.4 Å². The summed E-state index contributed by atoms with van der Waals surface area (Å²) in [5.74, 6) is 2.97. The summed E-state index contributed by atoms with van der Waals surface area (Å²) in [6.07, 6.45) is 4.94. The molecule has 0 saturated carbocycles. The Bertz CT molecular complexity index is 125. The lowest BCUT2D eigenvalue weighted by atomic mass is 9.91. The Morgan fingerprint density at radius 2 is 1.71 bits per heavy atom. The van der Waals surface area contributed by atoms with Gasteiger partial charge >= 0.3 is 0 Å². The minimum Gasteiger partial charge on any atom is -0.314 e. The van der Waals surface area contributed by atoms with Crippen molar-refractivity contribution in [3.05, 3.63) is 0 Å². The van der Waals surface area contributed by atoms with E-state index >= 15 is 0 Å². The van der Waals surface area contributed by atoms with Gasteiger partial charge in [0, 0.05) is 6.04 Å². The zero-order valence-electron chi connectivity index (χ0n) is 10.5. The highest BCUT2D eigenvalue weighted by molar-refractivity contribution is 7.98. The molecule has 0 fully saturated rings. The first-order valence-corrected chi connectivity index (χ1v) is 7.19. The van der Waals surface area contributed by atoms with Gasteiger partial charge in [0.05, 0.1) is 0 Å². The second-order valence-electron chi connectivity index (χ2n) is 4.65. The van der Waals surface area contributed by atoms with Crippen molar-refractivity contribution < 1.29 is 0 Å². The lowest BCUT2D eigenvalue weighted by molar-refractivity contribution is 0.337. The summed E-state index contributed by atoms with van der Waals surface area (Å²) in [6.45, 7) is 10.3. The van der Waals surface area contributed by atoms with Gasteiger partial charge in [-0.15, -0.1) is 0 Å². The fourth-order valence-electron chi connectivity index (χ4n) is 1.46. The molecule has 2 unspecified atom stereocenters. The number of hydrogen-bond donors (Lipinski definition) is 1. The molecular weight excluding hydrogens is 190 g/mol. The monoisotopic (exact) mass is 217 g/mol. The van der Waals surface area contributed by atoms with Gasteiger partial charge in [0.25, 0.3) is 0 Å². The molecule has 0 aromatic rings. The maximum atomic E-state index is 3.51. The van der Waals surface area contributed by atoms with Gasteiger partial charge in [-0.25, -0.2) is 0 Å². The summed E-state index contributed by atoms with van der Waals surface area (Å²) in [5.41, 5.74) is 0. The molecule has 14 heavy (non-hydrogen) atoms. The molecule has 0 bridgehead atoms. The first-order valence-electron chi connectivity index (χ1n) is 5.80. The molecule has 0 heterocycles. The molecule has 0 aromatic carbocycles. The standard InChI is InChI=1S/C12H27NS/c1-10(2)13-9-12(4)11(3)7-6-8-14-5/h10-13H,6-9H2,1-5H3. The molecule has 0 aliphatic heterocycles. The van der Waals surface area contributed by atoms with E-state index in [2.05, 4.69) is 39.3 Å². The van der Waals surface area contributed by atoms with Gasteiger partial charge in [-0.2, -0.15) is 11.8 Å². The Balaban J connectivity index is 3.49. The van der Waals surface area contributed by atoms with Gasteiger partial charge in [-0.1, -0.05) is 27.7 Å².